The zero-order valence-electron chi connectivity index (χ0n) is 13.5. The molecule has 1 fully saturated rings. The summed E-state index contributed by atoms with van der Waals surface area (Å²) in [7, 11) is 0. The zero-order chi connectivity index (χ0) is 14.8. The zero-order valence-corrected chi connectivity index (χ0v) is 13.5. The van der Waals surface area contributed by atoms with Crippen LogP contribution in [0, 0.1) is 5.92 Å². The molecule has 112 valence electrons. The lowest BCUT2D eigenvalue weighted by molar-refractivity contribution is 0.319. The molecule has 0 radical (unpaired) electrons. The fraction of sp³-hybridized carbons (Fsp3) is 0.579. The molecular formula is C19H31N. The van der Waals surface area contributed by atoms with Crippen LogP contribution in [0.1, 0.15) is 59.3 Å². The molecule has 0 atom stereocenters. The van der Waals surface area contributed by atoms with Crippen LogP contribution in [0.25, 0.3) is 0 Å². The van der Waals surface area contributed by atoms with Gasteiger partial charge in [0.2, 0.25) is 0 Å². The van der Waals surface area contributed by atoms with E-state index in [1.807, 2.05) is 6.08 Å². The van der Waals surface area contributed by atoms with E-state index < -0.39 is 0 Å². The lowest BCUT2D eigenvalue weighted by Crippen LogP contribution is -2.13. The van der Waals surface area contributed by atoms with Crippen LogP contribution in [0.3, 0.4) is 0 Å². The van der Waals surface area contributed by atoms with Crippen LogP contribution < -0.4 is 5.32 Å². The van der Waals surface area contributed by atoms with Crippen molar-refractivity contribution < 1.29 is 0 Å². The maximum atomic E-state index is 3.96. The van der Waals surface area contributed by atoms with Gasteiger partial charge in [0.1, 0.15) is 0 Å². The summed E-state index contributed by atoms with van der Waals surface area (Å²) in [5.41, 5.74) is 3.96. The average molecular weight is 273 g/mol. The summed E-state index contributed by atoms with van der Waals surface area (Å²) < 4.78 is 0. The second-order valence-corrected chi connectivity index (χ2v) is 5.73. The van der Waals surface area contributed by atoms with Gasteiger partial charge in [0.15, 0.2) is 0 Å². The molecule has 1 rings (SSSR count). The lowest BCUT2D eigenvalue weighted by Gasteiger charge is -2.24. The van der Waals surface area contributed by atoms with Gasteiger partial charge in [-0.1, -0.05) is 57.1 Å². The van der Waals surface area contributed by atoms with E-state index >= 15 is 0 Å². The summed E-state index contributed by atoms with van der Waals surface area (Å²) in [6.07, 6.45) is 16.5. The van der Waals surface area contributed by atoms with Crippen molar-refractivity contribution in [2.75, 3.05) is 6.54 Å². The molecule has 0 bridgehead atoms. The molecule has 0 saturated heterocycles. The van der Waals surface area contributed by atoms with Gasteiger partial charge in [0.25, 0.3) is 0 Å². The third-order valence-corrected chi connectivity index (χ3v) is 4.15. The van der Waals surface area contributed by atoms with Crippen LogP contribution in [-0.4, -0.2) is 6.54 Å². The second-order valence-electron chi connectivity index (χ2n) is 5.73. The molecule has 1 aliphatic rings. The van der Waals surface area contributed by atoms with Gasteiger partial charge < -0.3 is 5.32 Å². The molecule has 1 heteroatoms. The Morgan fingerprint density at radius 2 is 2.05 bits per heavy atom. The van der Waals surface area contributed by atoms with Crippen LogP contribution in [0.15, 0.2) is 47.7 Å². The Kier molecular flexibility index (Phi) is 8.10. The summed E-state index contributed by atoms with van der Waals surface area (Å²) in [6.45, 7) is 11.5. The van der Waals surface area contributed by atoms with Crippen molar-refractivity contribution in [3.8, 4) is 0 Å². The summed E-state index contributed by atoms with van der Waals surface area (Å²) in [4.78, 5) is 0. The minimum absolute atomic E-state index is 0.938. The minimum Gasteiger partial charge on any atom is -0.388 e. The molecular weight excluding hydrogens is 242 g/mol. The van der Waals surface area contributed by atoms with Gasteiger partial charge in [-0.3, -0.25) is 0 Å². The van der Waals surface area contributed by atoms with Crippen molar-refractivity contribution in [3.63, 3.8) is 0 Å². The first-order valence-corrected chi connectivity index (χ1v) is 8.10. The number of hydrogen-bond donors (Lipinski definition) is 1. The topological polar surface area (TPSA) is 12.0 Å². The molecule has 0 aliphatic heterocycles. The van der Waals surface area contributed by atoms with Crippen molar-refractivity contribution in [2.24, 2.45) is 5.92 Å². The van der Waals surface area contributed by atoms with Gasteiger partial charge in [-0.05, 0) is 43.8 Å². The first kappa shape index (κ1) is 16.8. The maximum Gasteiger partial charge on any atom is 0.0141 e. The highest BCUT2D eigenvalue weighted by Crippen LogP contribution is 2.30. The van der Waals surface area contributed by atoms with E-state index in [1.165, 1.54) is 42.5 Å². The van der Waals surface area contributed by atoms with Gasteiger partial charge >= 0.3 is 0 Å². The van der Waals surface area contributed by atoms with E-state index in [0.29, 0.717) is 0 Å². The van der Waals surface area contributed by atoms with E-state index in [9.17, 15) is 0 Å². The lowest BCUT2D eigenvalue weighted by atomic mass is 9.82. The molecule has 0 aromatic carbocycles. The Bertz CT molecular complexity index is 381. The van der Waals surface area contributed by atoms with E-state index in [0.717, 1.165) is 25.3 Å². The summed E-state index contributed by atoms with van der Waals surface area (Å²) in [6, 6.07) is 0. The molecule has 20 heavy (non-hydrogen) atoms. The number of hydrogen-bond acceptors (Lipinski definition) is 1. The first-order chi connectivity index (χ1) is 9.71. The Morgan fingerprint density at radius 3 is 2.55 bits per heavy atom. The summed E-state index contributed by atoms with van der Waals surface area (Å²) in [5, 5.41) is 3.47. The van der Waals surface area contributed by atoms with Crippen LogP contribution in [0.5, 0.6) is 0 Å². The van der Waals surface area contributed by atoms with Gasteiger partial charge in [0, 0.05) is 18.7 Å². The highest BCUT2D eigenvalue weighted by Gasteiger charge is 2.15. The quantitative estimate of drug-likeness (QED) is 0.545. The second kappa shape index (κ2) is 9.63. The third-order valence-electron chi connectivity index (χ3n) is 4.15. The fourth-order valence-electron chi connectivity index (χ4n) is 2.39. The molecule has 0 amide bonds. The van der Waals surface area contributed by atoms with E-state index in [1.54, 1.807) is 0 Å². The minimum atomic E-state index is 0.938. The SMILES string of the molecule is C=CC(=C/C/C(=C/C)NCCC)/C(C)=C\CC1CCC1. The van der Waals surface area contributed by atoms with Gasteiger partial charge in [-0.2, -0.15) is 0 Å². The van der Waals surface area contributed by atoms with E-state index in [-0.39, 0.29) is 0 Å². The maximum absolute atomic E-state index is 3.96. The Labute approximate surface area is 125 Å². The van der Waals surface area contributed by atoms with Gasteiger partial charge in [-0.25, -0.2) is 0 Å². The largest absolute Gasteiger partial charge is 0.388 e. The Hall–Kier alpha value is -1.24. The molecule has 1 aliphatic carbocycles. The molecule has 1 saturated carbocycles. The molecule has 0 heterocycles. The van der Waals surface area contributed by atoms with Crippen molar-refractivity contribution >= 4 is 0 Å². The van der Waals surface area contributed by atoms with Crippen molar-refractivity contribution in [3.05, 3.63) is 47.7 Å². The Morgan fingerprint density at radius 1 is 1.30 bits per heavy atom. The Balaban J connectivity index is 2.53. The van der Waals surface area contributed by atoms with Crippen LogP contribution in [-0.2, 0) is 0 Å². The van der Waals surface area contributed by atoms with Crippen LogP contribution in [0.2, 0.25) is 0 Å². The van der Waals surface area contributed by atoms with Crippen molar-refractivity contribution in [1.82, 2.24) is 5.32 Å². The fourth-order valence-corrected chi connectivity index (χ4v) is 2.39. The highest BCUT2D eigenvalue weighted by molar-refractivity contribution is 5.38. The predicted molar refractivity (Wildman–Crippen MR) is 90.7 cm³/mol. The molecule has 1 N–H and O–H groups in total. The number of allylic oxidation sites excluding steroid dienone is 6. The van der Waals surface area contributed by atoms with Gasteiger partial charge in [-0.15, -0.1) is 0 Å². The third kappa shape index (κ3) is 5.81. The summed E-state index contributed by atoms with van der Waals surface area (Å²) in [5.74, 6) is 0.938. The van der Waals surface area contributed by atoms with E-state index in [2.05, 4.69) is 50.9 Å². The van der Waals surface area contributed by atoms with Crippen molar-refractivity contribution in [1.29, 1.82) is 0 Å². The molecule has 0 aromatic rings. The predicted octanol–water partition coefficient (Wildman–Crippen LogP) is 5.53. The van der Waals surface area contributed by atoms with Crippen LogP contribution >= 0.6 is 0 Å². The summed E-state index contributed by atoms with van der Waals surface area (Å²) >= 11 is 0. The number of nitrogens with one attached hydrogen (secondary N) is 1. The molecule has 1 nitrogen and oxygen atoms in total. The van der Waals surface area contributed by atoms with Crippen LogP contribution in [0.4, 0.5) is 0 Å². The molecule has 0 spiro atoms. The van der Waals surface area contributed by atoms with Crippen molar-refractivity contribution in [2.45, 2.75) is 59.3 Å². The van der Waals surface area contributed by atoms with Gasteiger partial charge in [0.05, 0.1) is 0 Å². The smallest absolute Gasteiger partial charge is 0.0141 e. The van der Waals surface area contributed by atoms with E-state index in [4.69, 9.17) is 0 Å². The standard InChI is InChI=1S/C19H31N/c1-5-15-20-19(7-3)14-13-18(6-2)16(4)11-12-17-9-8-10-17/h6-7,11,13,17,20H,2,5,8-10,12,14-15H2,1,3-4H3/b16-11-,18-13-,19-7-. The molecule has 0 unspecified atom stereocenters. The normalized spacial score (nSPS) is 17.9. The first-order valence-electron chi connectivity index (χ1n) is 8.10. The molecule has 0 aromatic heterocycles. The highest BCUT2D eigenvalue weighted by atomic mass is 14.9. The number of rotatable bonds is 9. The monoisotopic (exact) mass is 273 g/mol. The average Bonchev–Trinajstić information content (AvgIpc) is 2.41.